The van der Waals surface area contributed by atoms with Crippen molar-refractivity contribution in [2.45, 2.75) is 25.6 Å². The SMILES string of the molecule is CC1(c2nnco2)CC(c2ccc(OC(F)F)c(OCC(N)=O)c2)=NO1. The minimum atomic E-state index is -3.05. The Balaban J connectivity index is 1.84. The molecule has 1 aromatic heterocycles. The molecule has 11 heteroatoms. The first kappa shape index (κ1) is 17.6. The fourth-order valence-corrected chi connectivity index (χ4v) is 2.36. The molecular formula is C15H14F2N4O5. The second kappa shape index (κ2) is 6.94. The highest BCUT2D eigenvalue weighted by atomic mass is 19.3. The van der Waals surface area contributed by atoms with E-state index in [0.717, 1.165) is 0 Å². The van der Waals surface area contributed by atoms with Gasteiger partial charge in [0.15, 0.2) is 18.1 Å². The third-order valence-corrected chi connectivity index (χ3v) is 3.54. The summed E-state index contributed by atoms with van der Waals surface area (Å²) in [7, 11) is 0. The van der Waals surface area contributed by atoms with Gasteiger partial charge in [-0.25, -0.2) is 0 Å². The molecule has 138 valence electrons. The molecule has 1 amide bonds. The second-order valence-corrected chi connectivity index (χ2v) is 5.58. The first-order valence-corrected chi connectivity index (χ1v) is 7.39. The molecule has 0 radical (unpaired) electrons. The molecule has 2 heterocycles. The van der Waals surface area contributed by atoms with Gasteiger partial charge in [-0.2, -0.15) is 8.78 Å². The Morgan fingerprint density at radius 2 is 2.23 bits per heavy atom. The molecule has 0 fully saturated rings. The summed E-state index contributed by atoms with van der Waals surface area (Å²) in [6, 6.07) is 4.20. The molecule has 2 aromatic rings. The van der Waals surface area contributed by atoms with Gasteiger partial charge in [-0.15, -0.1) is 10.2 Å². The van der Waals surface area contributed by atoms with Gasteiger partial charge in [0.2, 0.25) is 12.0 Å². The monoisotopic (exact) mass is 368 g/mol. The number of hydrogen-bond acceptors (Lipinski definition) is 8. The Morgan fingerprint density at radius 3 is 2.88 bits per heavy atom. The maximum Gasteiger partial charge on any atom is 0.387 e. The first-order valence-electron chi connectivity index (χ1n) is 7.39. The van der Waals surface area contributed by atoms with Gasteiger partial charge in [0, 0.05) is 12.0 Å². The van der Waals surface area contributed by atoms with Crippen molar-refractivity contribution < 1.29 is 32.3 Å². The molecule has 0 bridgehead atoms. The summed E-state index contributed by atoms with van der Waals surface area (Å²) < 4.78 is 39.7. The molecule has 26 heavy (non-hydrogen) atoms. The van der Waals surface area contributed by atoms with Gasteiger partial charge < -0.3 is 24.5 Å². The summed E-state index contributed by atoms with van der Waals surface area (Å²) in [5.41, 5.74) is 5.10. The van der Waals surface area contributed by atoms with Crippen LogP contribution >= 0.6 is 0 Å². The Bertz CT molecular complexity index is 827. The maximum atomic E-state index is 12.5. The van der Waals surface area contributed by atoms with E-state index in [1.165, 1.54) is 24.6 Å². The number of carbonyl (C=O) groups excluding carboxylic acids is 1. The van der Waals surface area contributed by atoms with Gasteiger partial charge in [-0.1, -0.05) is 5.16 Å². The lowest BCUT2D eigenvalue weighted by Gasteiger charge is -2.16. The van der Waals surface area contributed by atoms with Crippen molar-refractivity contribution in [2.75, 3.05) is 6.61 Å². The topological polar surface area (TPSA) is 122 Å². The van der Waals surface area contributed by atoms with Crippen LogP contribution in [0, 0.1) is 0 Å². The van der Waals surface area contributed by atoms with E-state index in [-0.39, 0.29) is 17.4 Å². The molecule has 9 nitrogen and oxygen atoms in total. The zero-order chi connectivity index (χ0) is 18.7. The van der Waals surface area contributed by atoms with Crippen LogP contribution in [0.15, 0.2) is 34.2 Å². The number of halogens is 2. The molecule has 1 aliphatic heterocycles. The maximum absolute atomic E-state index is 12.5. The molecule has 1 aromatic carbocycles. The van der Waals surface area contributed by atoms with Gasteiger partial charge >= 0.3 is 6.61 Å². The third-order valence-electron chi connectivity index (χ3n) is 3.54. The van der Waals surface area contributed by atoms with E-state index in [2.05, 4.69) is 20.1 Å². The number of carbonyl (C=O) groups is 1. The van der Waals surface area contributed by atoms with E-state index in [0.29, 0.717) is 17.7 Å². The Labute approximate surface area is 145 Å². The molecule has 2 N–H and O–H groups in total. The number of ether oxygens (including phenoxy) is 2. The number of nitrogens with zero attached hydrogens (tertiary/aromatic N) is 3. The molecule has 1 aliphatic rings. The number of benzene rings is 1. The fourth-order valence-electron chi connectivity index (χ4n) is 2.36. The largest absolute Gasteiger partial charge is 0.480 e. The lowest BCUT2D eigenvalue weighted by atomic mass is 9.95. The van der Waals surface area contributed by atoms with Crippen molar-refractivity contribution in [3.63, 3.8) is 0 Å². The zero-order valence-corrected chi connectivity index (χ0v) is 13.5. The summed E-state index contributed by atoms with van der Waals surface area (Å²) in [6.07, 6.45) is 1.47. The van der Waals surface area contributed by atoms with E-state index >= 15 is 0 Å². The molecule has 1 unspecified atom stereocenters. The van der Waals surface area contributed by atoms with Crippen LogP contribution in [-0.4, -0.2) is 35.0 Å². The Hall–Kier alpha value is -3.24. The van der Waals surface area contributed by atoms with Gasteiger partial charge in [-0.05, 0) is 25.1 Å². The van der Waals surface area contributed by atoms with Crippen molar-refractivity contribution in [1.82, 2.24) is 10.2 Å². The summed E-state index contributed by atoms with van der Waals surface area (Å²) in [5, 5.41) is 11.4. The fraction of sp³-hybridized carbons (Fsp3) is 0.333. The van der Waals surface area contributed by atoms with E-state index in [9.17, 15) is 13.6 Å². The normalized spacial score (nSPS) is 19.2. The predicted octanol–water partition coefficient (Wildman–Crippen LogP) is 1.57. The smallest absolute Gasteiger partial charge is 0.387 e. The number of amides is 1. The van der Waals surface area contributed by atoms with Gasteiger partial charge in [0.05, 0.1) is 5.71 Å². The van der Waals surface area contributed by atoms with Gasteiger partial charge in [-0.3, -0.25) is 4.79 Å². The minimum absolute atomic E-state index is 0.0734. The quantitative estimate of drug-likeness (QED) is 0.787. The average Bonchev–Trinajstić information content (AvgIpc) is 3.24. The highest BCUT2D eigenvalue weighted by molar-refractivity contribution is 6.02. The van der Waals surface area contributed by atoms with Crippen molar-refractivity contribution in [3.8, 4) is 11.5 Å². The van der Waals surface area contributed by atoms with Gasteiger partial charge in [0.1, 0.15) is 0 Å². The lowest BCUT2D eigenvalue weighted by Crippen LogP contribution is -2.22. The third kappa shape index (κ3) is 3.71. The number of nitrogens with two attached hydrogens (primary N) is 1. The number of oxime groups is 1. The van der Waals surface area contributed by atoms with E-state index in [1.54, 1.807) is 6.92 Å². The molecule has 0 aliphatic carbocycles. The van der Waals surface area contributed by atoms with E-state index in [1.807, 2.05) is 0 Å². The summed E-state index contributed by atoms with van der Waals surface area (Å²) in [5.74, 6) is -0.817. The van der Waals surface area contributed by atoms with Crippen molar-refractivity contribution in [2.24, 2.45) is 10.9 Å². The first-order chi connectivity index (χ1) is 12.4. The molecule has 1 atom stereocenters. The molecular weight excluding hydrogens is 354 g/mol. The molecule has 3 rings (SSSR count). The molecule has 0 spiro atoms. The number of primary amides is 1. The van der Waals surface area contributed by atoms with Crippen LogP contribution < -0.4 is 15.2 Å². The highest BCUT2D eigenvalue weighted by Gasteiger charge is 2.41. The summed E-state index contributed by atoms with van der Waals surface area (Å²) in [6.45, 7) is -1.83. The van der Waals surface area contributed by atoms with Crippen molar-refractivity contribution >= 4 is 11.6 Å². The zero-order valence-electron chi connectivity index (χ0n) is 13.5. The van der Waals surface area contributed by atoms with Crippen LogP contribution in [0.2, 0.25) is 0 Å². The standard InChI is InChI=1S/C15H14F2N4O5/c1-15(13-20-19-7-24-13)5-9(21-26-15)8-2-3-10(25-14(16)17)11(4-8)23-6-12(18)22/h2-4,7,14H,5-6H2,1H3,(H2,18,22). The number of hydrogen-bond donors (Lipinski definition) is 1. The van der Waals surface area contributed by atoms with Gasteiger partial charge in [0.25, 0.3) is 11.8 Å². The van der Waals surface area contributed by atoms with Crippen LogP contribution in [0.1, 0.15) is 24.8 Å². The molecule has 0 saturated carbocycles. The number of alkyl halides is 2. The summed E-state index contributed by atoms with van der Waals surface area (Å²) in [4.78, 5) is 16.3. The Morgan fingerprint density at radius 1 is 1.42 bits per heavy atom. The van der Waals surface area contributed by atoms with Crippen LogP contribution in [-0.2, 0) is 15.2 Å². The van der Waals surface area contributed by atoms with Crippen molar-refractivity contribution in [3.05, 3.63) is 36.0 Å². The predicted molar refractivity (Wildman–Crippen MR) is 81.7 cm³/mol. The second-order valence-electron chi connectivity index (χ2n) is 5.58. The average molecular weight is 368 g/mol. The highest BCUT2D eigenvalue weighted by Crippen LogP contribution is 2.37. The summed E-state index contributed by atoms with van der Waals surface area (Å²) >= 11 is 0. The van der Waals surface area contributed by atoms with E-state index in [4.69, 9.17) is 19.7 Å². The number of aromatic nitrogens is 2. The Kier molecular flexibility index (Phi) is 4.69. The number of rotatable bonds is 7. The molecule has 0 saturated heterocycles. The van der Waals surface area contributed by atoms with Crippen LogP contribution in [0.3, 0.4) is 0 Å². The van der Waals surface area contributed by atoms with Crippen molar-refractivity contribution in [1.29, 1.82) is 0 Å². The lowest BCUT2D eigenvalue weighted by molar-refractivity contribution is -0.120. The minimum Gasteiger partial charge on any atom is -0.480 e. The van der Waals surface area contributed by atoms with E-state index < -0.39 is 24.7 Å². The van der Waals surface area contributed by atoms with Crippen LogP contribution in [0.25, 0.3) is 0 Å². The van der Waals surface area contributed by atoms with Crippen LogP contribution in [0.5, 0.6) is 11.5 Å². The van der Waals surface area contributed by atoms with Crippen LogP contribution in [0.4, 0.5) is 8.78 Å².